The number of rotatable bonds is 2. The Hall–Kier alpha value is 0.430. The van der Waals surface area contributed by atoms with Gasteiger partial charge in [-0.2, -0.15) is 0 Å². The van der Waals surface area contributed by atoms with Crippen LogP contribution >= 0.6 is 38.5 Å². The van der Waals surface area contributed by atoms with Crippen LogP contribution in [0.25, 0.3) is 0 Å². The van der Waals surface area contributed by atoms with E-state index in [-0.39, 0.29) is 0 Å². The second-order valence-electron chi connectivity index (χ2n) is 2.08. The highest BCUT2D eigenvalue weighted by Gasteiger charge is 1.97. The summed E-state index contributed by atoms with van der Waals surface area (Å²) in [6.45, 7) is 0. The topological polar surface area (TPSA) is 0 Å². The Morgan fingerprint density at radius 1 is 1.30 bits per heavy atom. The lowest BCUT2D eigenvalue weighted by Gasteiger charge is -1.99. The van der Waals surface area contributed by atoms with Crippen LogP contribution < -0.4 is 0 Å². The first-order valence-electron chi connectivity index (χ1n) is 3.11. The molecule has 1 atom stereocenters. The minimum Gasteiger partial charge on any atom is -0.0771 e. The van der Waals surface area contributed by atoms with Crippen molar-refractivity contribution in [1.29, 1.82) is 0 Å². The number of alkyl halides is 2. The van der Waals surface area contributed by atoms with Crippen LogP contribution in [0, 0.1) is 0 Å². The molecule has 0 aliphatic rings. The third-order valence-corrected chi connectivity index (χ3v) is 2.00. The summed E-state index contributed by atoms with van der Waals surface area (Å²) in [4.78, 5) is 0. The van der Waals surface area contributed by atoms with Crippen molar-refractivity contribution in [3.8, 4) is 0 Å². The molecule has 0 saturated heterocycles. The first-order chi connectivity index (χ1) is 4.79. The second kappa shape index (κ2) is 4.34. The third-order valence-electron chi connectivity index (χ3n) is 1.23. The largest absolute Gasteiger partial charge is 0.0771 e. The van der Waals surface area contributed by atoms with E-state index in [1.165, 1.54) is 5.56 Å². The van der Waals surface area contributed by atoms with E-state index in [0.29, 0.717) is 2.83 Å². The average molecular weight is 311 g/mol. The lowest BCUT2D eigenvalue weighted by Crippen LogP contribution is -1.90. The summed E-state index contributed by atoms with van der Waals surface area (Å²) >= 11 is 5.86. The summed E-state index contributed by atoms with van der Waals surface area (Å²) in [5.74, 6) is 0. The van der Waals surface area contributed by atoms with Crippen LogP contribution in [-0.4, -0.2) is 2.83 Å². The molecule has 0 aliphatic carbocycles. The molecule has 0 radical (unpaired) electrons. The summed E-state index contributed by atoms with van der Waals surface area (Å²) in [6.07, 6.45) is 1.10. The van der Waals surface area contributed by atoms with Gasteiger partial charge in [0.2, 0.25) is 0 Å². The van der Waals surface area contributed by atoms with Crippen LogP contribution in [0.4, 0.5) is 0 Å². The van der Waals surface area contributed by atoms with Gasteiger partial charge in [-0.3, -0.25) is 0 Å². The van der Waals surface area contributed by atoms with E-state index in [9.17, 15) is 0 Å². The molecular formula is C8H8BrI. The summed E-state index contributed by atoms with van der Waals surface area (Å²) < 4.78 is 0.549. The first-order valence-corrected chi connectivity index (χ1v) is 5.27. The third kappa shape index (κ3) is 3.01. The minimum absolute atomic E-state index is 0.549. The maximum Gasteiger partial charge on any atom is 0.0702 e. The van der Waals surface area contributed by atoms with Crippen molar-refractivity contribution in [2.75, 3.05) is 0 Å². The van der Waals surface area contributed by atoms with E-state index in [2.05, 4.69) is 62.8 Å². The Morgan fingerprint density at radius 3 is 2.40 bits per heavy atom. The van der Waals surface area contributed by atoms with E-state index < -0.39 is 0 Å². The van der Waals surface area contributed by atoms with E-state index in [4.69, 9.17) is 0 Å². The predicted molar refractivity (Wildman–Crippen MR) is 56.9 cm³/mol. The molecule has 0 heterocycles. The van der Waals surface area contributed by atoms with Gasteiger partial charge in [0.05, 0.1) is 2.83 Å². The van der Waals surface area contributed by atoms with Crippen LogP contribution in [0.2, 0.25) is 0 Å². The predicted octanol–water partition coefficient (Wildman–Crippen LogP) is 3.39. The molecule has 0 saturated carbocycles. The lowest BCUT2D eigenvalue weighted by atomic mass is 10.2. The van der Waals surface area contributed by atoms with Crippen molar-refractivity contribution in [1.82, 2.24) is 0 Å². The Kier molecular flexibility index (Phi) is 3.70. The maximum atomic E-state index is 3.50. The monoisotopic (exact) mass is 310 g/mol. The van der Waals surface area contributed by atoms with Crippen LogP contribution in [-0.2, 0) is 6.42 Å². The van der Waals surface area contributed by atoms with Crippen molar-refractivity contribution >= 4 is 38.5 Å². The van der Waals surface area contributed by atoms with Gasteiger partial charge < -0.3 is 0 Å². The zero-order valence-corrected chi connectivity index (χ0v) is 9.17. The smallest absolute Gasteiger partial charge is 0.0702 e. The summed E-state index contributed by atoms with van der Waals surface area (Å²) in [5.41, 5.74) is 1.39. The summed E-state index contributed by atoms with van der Waals surface area (Å²) in [5, 5.41) is 0. The molecular weight excluding hydrogens is 303 g/mol. The summed E-state index contributed by atoms with van der Waals surface area (Å²) in [7, 11) is 0. The molecule has 0 bridgehead atoms. The molecule has 0 aliphatic heterocycles. The Morgan fingerprint density at radius 2 is 1.90 bits per heavy atom. The fourth-order valence-corrected chi connectivity index (χ4v) is 1.67. The van der Waals surface area contributed by atoms with E-state index in [0.717, 1.165) is 6.42 Å². The number of hydrogen-bond acceptors (Lipinski definition) is 0. The van der Waals surface area contributed by atoms with Gasteiger partial charge >= 0.3 is 0 Å². The Balaban J connectivity index is 2.59. The molecule has 54 valence electrons. The van der Waals surface area contributed by atoms with Crippen molar-refractivity contribution in [2.45, 2.75) is 9.25 Å². The minimum atomic E-state index is 0.549. The van der Waals surface area contributed by atoms with Crippen molar-refractivity contribution in [3.63, 3.8) is 0 Å². The molecule has 10 heavy (non-hydrogen) atoms. The average Bonchev–Trinajstić information content (AvgIpc) is 1.88. The van der Waals surface area contributed by atoms with Gasteiger partial charge in [-0.15, -0.1) is 0 Å². The highest BCUT2D eigenvalue weighted by atomic mass is 127. The fourth-order valence-electron chi connectivity index (χ4n) is 0.792. The molecule has 0 amide bonds. The fraction of sp³-hybridized carbons (Fsp3) is 0.250. The van der Waals surface area contributed by atoms with Crippen molar-refractivity contribution in [2.24, 2.45) is 0 Å². The Bertz CT molecular complexity index is 184. The number of benzene rings is 1. The van der Waals surface area contributed by atoms with Crippen LogP contribution in [0.5, 0.6) is 0 Å². The van der Waals surface area contributed by atoms with Crippen molar-refractivity contribution < 1.29 is 0 Å². The molecule has 1 aromatic carbocycles. The van der Waals surface area contributed by atoms with Gasteiger partial charge in [-0.1, -0.05) is 68.9 Å². The molecule has 0 aromatic heterocycles. The molecule has 0 N–H and O–H groups in total. The van der Waals surface area contributed by atoms with Gasteiger partial charge in [0, 0.05) is 0 Å². The van der Waals surface area contributed by atoms with E-state index in [1.807, 2.05) is 6.07 Å². The molecule has 1 aromatic rings. The zero-order valence-electron chi connectivity index (χ0n) is 5.43. The van der Waals surface area contributed by atoms with Crippen LogP contribution in [0.1, 0.15) is 5.56 Å². The van der Waals surface area contributed by atoms with E-state index >= 15 is 0 Å². The molecule has 2 heteroatoms. The van der Waals surface area contributed by atoms with Gasteiger partial charge in [-0.05, 0) is 12.0 Å². The number of hydrogen-bond donors (Lipinski definition) is 0. The molecule has 0 spiro atoms. The second-order valence-corrected chi connectivity index (χ2v) is 6.40. The van der Waals surface area contributed by atoms with Gasteiger partial charge in [0.15, 0.2) is 0 Å². The van der Waals surface area contributed by atoms with Gasteiger partial charge in [0.1, 0.15) is 0 Å². The summed E-state index contributed by atoms with van der Waals surface area (Å²) in [6, 6.07) is 10.5. The zero-order chi connectivity index (χ0) is 7.40. The normalized spacial score (nSPS) is 13.0. The molecule has 0 fully saturated rings. The number of halogens is 2. The first kappa shape index (κ1) is 8.53. The molecule has 0 nitrogen and oxygen atoms in total. The van der Waals surface area contributed by atoms with Crippen molar-refractivity contribution in [3.05, 3.63) is 35.9 Å². The molecule has 0 unspecified atom stereocenters. The van der Waals surface area contributed by atoms with Gasteiger partial charge in [-0.25, -0.2) is 0 Å². The lowest BCUT2D eigenvalue weighted by molar-refractivity contribution is 1.15. The van der Waals surface area contributed by atoms with Gasteiger partial charge in [0.25, 0.3) is 0 Å². The molecule has 1 rings (SSSR count). The standard InChI is InChI=1S/C8H8BrI/c9-8(10)6-7-4-2-1-3-5-7/h1-5,8H,6H2/t8-/m1/s1. The Labute approximate surface area is 83.3 Å². The van der Waals surface area contributed by atoms with E-state index in [1.54, 1.807) is 0 Å². The highest BCUT2D eigenvalue weighted by Crippen LogP contribution is 2.15. The van der Waals surface area contributed by atoms with Crippen LogP contribution in [0.15, 0.2) is 30.3 Å². The highest BCUT2D eigenvalue weighted by molar-refractivity contribution is 14.1. The maximum absolute atomic E-state index is 3.50. The quantitative estimate of drug-likeness (QED) is 0.580. The van der Waals surface area contributed by atoms with Crippen LogP contribution in [0.3, 0.4) is 0 Å². The SMILES string of the molecule is Br[C@H](I)Cc1ccccc1.